The molecular weight excluding hydrogens is 741 g/mol. The monoisotopic (exact) mass is 776 g/mol. The van der Waals surface area contributed by atoms with E-state index in [1.165, 1.54) is 43.4 Å². The number of rotatable bonds is 6. The van der Waals surface area contributed by atoms with Crippen molar-refractivity contribution in [2.24, 2.45) is 0 Å². The van der Waals surface area contributed by atoms with Crippen molar-refractivity contribution >= 4 is 54.4 Å². The molecule has 12 aromatic rings. The molecule has 3 heteroatoms. The van der Waals surface area contributed by atoms with Crippen LogP contribution in [0, 0.1) is 0 Å². The highest BCUT2D eigenvalue weighted by molar-refractivity contribution is 6.26. The molecule has 0 saturated heterocycles. The largest absolute Gasteiger partial charge is 0.438 e. The molecule has 0 saturated carbocycles. The van der Waals surface area contributed by atoms with Gasteiger partial charge in [-0.05, 0) is 101 Å². The van der Waals surface area contributed by atoms with Gasteiger partial charge in [-0.15, -0.1) is 0 Å². The van der Waals surface area contributed by atoms with E-state index in [0.29, 0.717) is 11.5 Å². The summed E-state index contributed by atoms with van der Waals surface area (Å²) in [5.74, 6) is 0.619. The highest BCUT2D eigenvalue weighted by Crippen LogP contribution is 2.44. The van der Waals surface area contributed by atoms with Crippen LogP contribution in [0.15, 0.2) is 223 Å². The normalized spacial score (nSPS) is 11.6. The van der Waals surface area contributed by atoms with Crippen molar-refractivity contribution < 1.29 is 4.42 Å². The molecule has 3 nitrogen and oxygen atoms in total. The Kier molecular flexibility index (Phi) is 8.17. The van der Waals surface area contributed by atoms with Gasteiger partial charge < -0.3 is 4.42 Å². The molecule has 0 unspecified atom stereocenters. The van der Waals surface area contributed by atoms with E-state index in [-0.39, 0.29) is 0 Å². The Morgan fingerprint density at radius 2 is 0.705 bits per heavy atom. The van der Waals surface area contributed by atoms with E-state index < -0.39 is 0 Å². The third-order valence-corrected chi connectivity index (χ3v) is 12.1. The molecule has 0 amide bonds. The molecule has 10 aromatic carbocycles. The minimum atomic E-state index is 0.559. The maximum Gasteiger partial charge on any atom is 0.231 e. The van der Waals surface area contributed by atoms with Crippen molar-refractivity contribution in [3.63, 3.8) is 0 Å². The SMILES string of the molecule is c1ccc(-c2ccc3c4ccc(-c5ccc6oc7nc(-c8ccccc8-c8ccccc8)nc(-c8ccccc8-c8ccccc8)c7c6c5)cc4c4ccccc4c3c2)cc1. The zero-order chi connectivity index (χ0) is 40.3. The quantitative estimate of drug-likeness (QED) is 0.158. The van der Waals surface area contributed by atoms with E-state index >= 15 is 0 Å². The van der Waals surface area contributed by atoms with Crippen LogP contribution in [0.25, 0.3) is 122 Å². The van der Waals surface area contributed by atoms with Crippen LogP contribution in [0.5, 0.6) is 0 Å². The fourth-order valence-electron chi connectivity index (χ4n) is 9.22. The number of fused-ring (bicyclic) bond motifs is 9. The lowest BCUT2D eigenvalue weighted by Gasteiger charge is -2.14. The van der Waals surface area contributed by atoms with Gasteiger partial charge in [-0.2, -0.15) is 4.98 Å². The Bertz CT molecular complexity index is 3610. The molecule has 0 aliphatic rings. The third-order valence-electron chi connectivity index (χ3n) is 12.1. The smallest absolute Gasteiger partial charge is 0.231 e. The Morgan fingerprint density at radius 1 is 0.279 bits per heavy atom. The average Bonchev–Trinajstić information content (AvgIpc) is 3.72. The second-order valence-corrected chi connectivity index (χ2v) is 15.6. The summed E-state index contributed by atoms with van der Waals surface area (Å²) in [5, 5.41) is 9.34. The van der Waals surface area contributed by atoms with Gasteiger partial charge in [-0.1, -0.05) is 194 Å². The Morgan fingerprint density at radius 3 is 1.30 bits per heavy atom. The molecule has 0 aliphatic carbocycles. The topological polar surface area (TPSA) is 38.9 Å². The predicted octanol–water partition coefficient (Wildman–Crippen LogP) is 15.8. The lowest BCUT2D eigenvalue weighted by Crippen LogP contribution is -1.97. The van der Waals surface area contributed by atoms with Crippen molar-refractivity contribution in [3.05, 3.63) is 218 Å². The molecule has 0 bridgehead atoms. The molecule has 12 rings (SSSR count). The zero-order valence-electron chi connectivity index (χ0n) is 33.1. The van der Waals surface area contributed by atoms with Crippen LogP contribution in [0.1, 0.15) is 0 Å². The van der Waals surface area contributed by atoms with Crippen LogP contribution in [0.3, 0.4) is 0 Å². The summed E-state index contributed by atoms with van der Waals surface area (Å²) in [5.41, 5.74) is 13.2. The van der Waals surface area contributed by atoms with Crippen LogP contribution in [-0.2, 0) is 0 Å². The van der Waals surface area contributed by atoms with E-state index in [4.69, 9.17) is 14.4 Å². The predicted molar refractivity (Wildman–Crippen MR) is 254 cm³/mol. The maximum absolute atomic E-state index is 6.73. The molecule has 2 aromatic heterocycles. The van der Waals surface area contributed by atoms with E-state index in [1.54, 1.807) is 0 Å². The molecule has 0 radical (unpaired) electrons. The van der Waals surface area contributed by atoms with E-state index in [9.17, 15) is 0 Å². The van der Waals surface area contributed by atoms with Gasteiger partial charge in [-0.25, -0.2) is 4.98 Å². The minimum absolute atomic E-state index is 0.559. The minimum Gasteiger partial charge on any atom is -0.438 e. The van der Waals surface area contributed by atoms with Crippen molar-refractivity contribution in [3.8, 4) is 67.2 Å². The van der Waals surface area contributed by atoms with Gasteiger partial charge in [-0.3, -0.25) is 0 Å². The van der Waals surface area contributed by atoms with Crippen molar-refractivity contribution in [2.45, 2.75) is 0 Å². The molecule has 0 N–H and O–H groups in total. The Hall–Kier alpha value is -8.14. The molecule has 284 valence electrons. The number of furan rings is 1. The first kappa shape index (κ1) is 34.9. The maximum atomic E-state index is 6.73. The molecule has 0 spiro atoms. The van der Waals surface area contributed by atoms with Crippen LogP contribution in [-0.4, -0.2) is 9.97 Å². The van der Waals surface area contributed by atoms with E-state index in [1.807, 2.05) is 6.07 Å². The van der Waals surface area contributed by atoms with Gasteiger partial charge in [0.05, 0.1) is 11.1 Å². The molecular formula is C58H36N2O. The summed E-state index contributed by atoms with van der Waals surface area (Å²) in [6.07, 6.45) is 0. The van der Waals surface area contributed by atoms with Gasteiger partial charge in [0.2, 0.25) is 5.71 Å². The van der Waals surface area contributed by atoms with Crippen molar-refractivity contribution in [2.75, 3.05) is 0 Å². The molecule has 2 heterocycles. The van der Waals surface area contributed by atoms with E-state index in [2.05, 4.69) is 212 Å². The van der Waals surface area contributed by atoms with Gasteiger partial charge in [0, 0.05) is 16.5 Å². The fourth-order valence-corrected chi connectivity index (χ4v) is 9.22. The first-order valence-electron chi connectivity index (χ1n) is 20.7. The van der Waals surface area contributed by atoms with Crippen molar-refractivity contribution in [1.29, 1.82) is 0 Å². The third kappa shape index (κ3) is 5.90. The number of hydrogen-bond donors (Lipinski definition) is 0. The summed E-state index contributed by atoms with van der Waals surface area (Å²) in [6.45, 7) is 0. The number of hydrogen-bond acceptors (Lipinski definition) is 3. The Labute approximate surface area is 352 Å². The first-order valence-corrected chi connectivity index (χ1v) is 20.7. The fraction of sp³-hybridized carbons (Fsp3) is 0. The van der Waals surface area contributed by atoms with Crippen LogP contribution in [0.4, 0.5) is 0 Å². The lowest BCUT2D eigenvalue weighted by molar-refractivity contribution is 0.653. The van der Waals surface area contributed by atoms with Crippen LogP contribution >= 0.6 is 0 Å². The highest BCUT2D eigenvalue weighted by Gasteiger charge is 2.22. The average molecular weight is 777 g/mol. The zero-order valence-corrected chi connectivity index (χ0v) is 33.1. The van der Waals surface area contributed by atoms with Gasteiger partial charge in [0.15, 0.2) is 5.82 Å². The second-order valence-electron chi connectivity index (χ2n) is 15.6. The molecule has 0 fully saturated rings. The first-order chi connectivity index (χ1) is 30.2. The highest BCUT2D eigenvalue weighted by atomic mass is 16.3. The second kappa shape index (κ2) is 14.3. The number of aromatic nitrogens is 2. The standard InChI is InChI=1S/C58H36N2O/c1-4-16-37(17-5-1)40-28-31-47-48-32-29-41(35-52(48)46-25-13-12-24-45(46)51(47)34-40)42-30-33-54-53(36-42)55-56(49-26-14-10-22-43(49)38-18-6-2-7-19-38)59-57(60-58(55)61-54)50-27-15-11-23-44(50)39-20-8-3-9-21-39/h1-36H. The summed E-state index contributed by atoms with van der Waals surface area (Å²) in [7, 11) is 0. The lowest BCUT2D eigenvalue weighted by atomic mass is 9.90. The van der Waals surface area contributed by atoms with Crippen molar-refractivity contribution in [1.82, 2.24) is 9.97 Å². The van der Waals surface area contributed by atoms with Gasteiger partial charge in [0.25, 0.3) is 0 Å². The van der Waals surface area contributed by atoms with Gasteiger partial charge in [0.1, 0.15) is 5.58 Å². The van der Waals surface area contributed by atoms with Gasteiger partial charge >= 0.3 is 0 Å². The summed E-state index contributed by atoms with van der Waals surface area (Å²) >= 11 is 0. The van der Waals surface area contributed by atoms with Crippen LogP contribution in [0.2, 0.25) is 0 Å². The summed E-state index contributed by atoms with van der Waals surface area (Å²) in [4.78, 5) is 10.7. The number of nitrogens with zero attached hydrogens (tertiary/aromatic N) is 2. The summed E-state index contributed by atoms with van der Waals surface area (Å²) in [6, 6.07) is 77.6. The molecule has 0 aliphatic heterocycles. The summed E-state index contributed by atoms with van der Waals surface area (Å²) < 4.78 is 6.73. The number of benzene rings is 10. The molecule has 0 atom stereocenters. The molecule has 61 heavy (non-hydrogen) atoms. The van der Waals surface area contributed by atoms with Crippen LogP contribution < -0.4 is 0 Å². The van der Waals surface area contributed by atoms with E-state index in [0.717, 1.165) is 66.6 Å². The Balaban J connectivity index is 1.07.